The second-order valence-electron chi connectivity index (χ2n) is 7.49. The van der Waals surface area contributed by atoms with Gasteiger partial charge in [-0.2, -0.15) is 0 Å². The molecule has 0 spiro atoms. The minimum Gasteiger partial charge on any atom is -0.461 e. The van der Waals surface area contributed by atoms with E-state index in [1.165, 1.54) is 23.5 Å². The lowest BCUT2D eigenvalue weighted by Gasteiger charge is -2.11. The molecule has 2 amide bonds. The summed E-state index contributed by atoms with van der Waals surface area (Å²) in [7, 11) is 3.26. The fraction of sp³-hybridized carbons (Fsp3) is 0.217. The summed E-state index contributed by atoms with van der Waals surface area (Å²) in [5.41, 5.74) is 1.81. The standard InChI is InChI=1S/C23H22N6O4/c1-5-15-9-26-20(11-24-15)28-22(30)14-7-18-16(6-13(2)32-18)19(8-14)33-21-12-25-17(10-27-21)23(31)29(3)4/h6-12H,5H2,1-4H3,(H,26,28,30). The maximum Gasteiger partial charge on any atom is 0.273 e. The van der Waals surface area contributed by atoms with E-state index in [1.807, 2.05) is 6.92 Å². The number of furan rings is 1. The van der Waals surface area contributed by atoms with Gasteiger partial charge in [0.1, 0.15) is 22.8 Å². The van der Waals surface area contributed by atoms with Gasteiger partial charge < -0.3 is 19.4 Å². The van der Waals surface area contributed by atoms with E-state index >= 15 is 0 Å². The van der Waals surface area contributed by atoms with Crippen molar-refractivity contribution in [3.63, 3.8) is 0 Å². The van der Waals surface area contributed by atoms with Crippen LogP contribution in [0.2, 0.25) is 0 Å². The Hall–Kier alpha value is -4.34. The monoisotopic (exact) mass is 446 g/mol. The van der Waals surface area contributed by atoms with Crippen LogP contribution in [0, 0.1) is 6.92 Å². The fourth-order valence-corrected chi connectivity index (χ4v) is 3.06. The summed E-state index contributed by atoms with van der Waals surface area (Å²) in [5.74, 6) is 0.865. The molecule has 0 radical (unpaired) electrons. The predicted molar refractivity (Wildman–Crippen MR) is 120 cm³/mol. The van der Waals surface area contributed by atoms with Crippen molar-refractivity contribution >= 4 is 28.6 Å². The normalized spacial score (nSPS) is 10.8. The van der Waals surface area contributed by atoms with Gasteiger partial charge in [-0.3, -0.25) is 14.6 Å². The Morgan fingerprint density at radius 3 is 2.48 bits per heavy atom. The van der Waals surface area contributed by atoms with Gasteiger partial charge in [0.2, 0.25) is 5.88 Å². The molecule has 1 aromatic carbocycles. The minimum atomic E-state index is -0.396. The number of aryl methyl sites for hydroxylation is 2. The van der Waals surface area contributed by atoms with Crippen LogP contribution >= 0.6 is 0 Å². The molecule has 0 aliphatic heterocycles. The van der Waals surface area contributed by atoms with Crippen molar-refractivity contribution in [1.82, 2.24) is 24.8 Å². The first-order valence-corrected chi connectivity index (χ1v) is 10.2. The van der Waals surface area contributed by atoms with E-state index in [0.29, 0.717) is 33.9 Å². The molecule has 0 saturated carbocycles. The number of amides is 2. The zero-order valence-electron chi connectivity index (χ0n) is 18.6. The third-order valence-electron chi connectivity index (χ3n) is 4.76. The highest BCUT2D eigenvalue weighted by atomic mass is 16.5. The van der Waals surface area contributed by atoms with E-state index < -0.39 is 5.91 Å². The lowest BCUT2D eigenvalue weighted by Crippen LogP contribution is -2.22. The van der Waals surface area contributed by atoms with Crippen molar-refractivity contribution in [3.8, 4) is 11.6 Å². The number of hydrogen-bond donors (Lipinski definition) is 1. The van der Waals surface area contributed by atoms with E-state index in [2.05, 4.69) is 25.3 Å². The van der Waals surface area contributed by atoms with E-state index in [4.69, 9.17) is 9.15 Å². The number of anilines is 1. The third-order valence-corrected chi connectivity index (χ3v) is 4.76. The molecule has 10 heteroatoms. The molecule has 10 nitrogen and oxygen atoms in total. The van der Waals surface area contributed by atoms with Gasteiger partial charge in [0.25, 0.3) is 11.8 Å². The number of nitrogens with one attached hydrogen (secondary N) is 1. The topological polar surface area (TPSA) is 123 Å². The summed E-state index contributed by atoms with van der Waals surface area (Å²) >= 11 is 0. The molecule has 0 saturated heterocycles. The first-order valence-electron chi connectivity index (χ1n) is 10.2. The van der Waals surface area contributed by atoms with Crippen LogP contribution in [0.25, 0.3) is 11.0 Å². The molecule has 0 atom stereocenters. The molecule has 0 aliphatic rings. The van der Waals surface area contributed by atoms with E-state index in [9.17, 15) is 9.59 Å². The molecule has 0 unspecified atom stereocenters. The summed E-state index contributed by atoms with van der Waals surface area (Å²) in [5, 5.41) is 3.40. The van der Waals surface area contributed by atoms with Gasteiger partial charge in [-0.1, -0.05) is 6.92 Å². The number of carbonyl (C=O) groups excluding carboxylic acids is 2. The summed E-state index contributed by atoms with van der Waals surface area (Å²) in [4.78, 5) is 43.0. The number of aromatic nitrogens is 4. The Labute approximate surface area is 189 Å². The summed E-state index contributed by atoms with van der Waals surface area (Å²) in [6.45, 7) is 3.78. The number of hydrogen-bond acceptors (Lipinski definition) is 8. The molecule has 0 fully saturated rings. The average Bonchev–Trinajstić information content (AvgIpc) is 3.20. The Morgan fingerprint density at radius 2 is 1.85 bits per heavy atom. The van der Waals surface area contributed by atoms with Gasteiger partial charge in [0, 0.05) is 19.7 Å². The molecular formula is C23H22N6O4. The number of ether oxygens (including phenoxy) is 1. The maximum absolute atomic E-state index is 12.9. The van der Waals surface area contributed by atoms with Crippen molar-refractivity contribution in [2.45, 2.75) is 20.3 Å². The van der Waals surface area contributed by atoms with Crippen LogP contribution in [0.5, 0.6) is 11.6 Å². The van der Waals surface area contributed by atoms with Crippen molar-refractivity contribution in [2.75, 3.05) is 19.4 Å². The van der Waals surface area contributed by atoms with E-state index in [1.54, 1.807) is 45.4 Å². The molecule has 3 heterocycles. The predicted octanol–water partition coefficient (Wildman–Crippen LogP) is 3.63. The second-order valence-corrected chi connectivity index (χ2v) is 7.49. The highest BCUT2D eigenvalue weighted by Crippen LogP contribution is 2.33. The molecule has 33 heavy (non-hydrogen) atoms. The molecule has 4 aromatic rings. The Bertz CT molecular complexity index is 1310. The Balaban J connectivity index is 1.62. The molecule has 0 aliphatic carbocycles. The summed E-state index contributed by atoms with van der Waals surface area (Å²) in [6, 6.07) is 5.02. The fourth-order valence-electron chi connectivity index (χ4n) is 3.06. The van der Waals surface area contributed by atoms with Gasteiger partial charge in [0.15, 0.2) is 5.82 Å². The van der Waals surface area contributed by atoms with Crippen LogP contribution in [0.3, 0.4) is 0 Å². The van der Waals surface area contributed by atoms with Gasteiger partial charge >= 0.3 is 0 Å². The Kier molecular flexibility index (Phi) is 5.99. The first-order chi connectivity index (χ1) is 15.8. The Morgan fingerprint density at radius 1 is 1.03 bits per heavy atom. The molecule has 4 rings (SSSR count). The van der Waals surface area contributed by atoms with Crippen LogP contribution in [0.1, 0.15) is 39.2 Å². The molecule has 168 valence electrons. The van der Waals surface area contributed by atoms with Gasteiger partial charge in [-0.05, 0) is 31.5 Å². The van der Waals surface area contributed by atoms with Crippen LogP contribution in [0.4, 0.5) is 5.82 Å². The van der Waals surface area contributed by atoms with Crippen molar-refractivity contribution in [2.24, 2.45) is 0 Å². The van der Waals surface area contributed by atoms with Crippen molar-refractivity contribution in [1.29, 1.82) is 0 Å². The van der Waals surface area contributed by atoms with Gasteiger partial charge in [0.05, 0.1) is 35.9 Å². The largest absolute Gasteiger partial charge is 0.461 e. The quantitative estimate of drug-likeness (QED) is 0.476. The molecule has 1 N–H and O–H groups in total. The van der Waals surface area contributed by atoms with Crippen LogP contribution in [0.15, 0.2) is 47.4 Å². The highest BCUT2D eigenvalue weighted by molar-refractivity contribution is 6.06. The lowest BCUT2D eigenvalue weighted by molar-refractivity contribution is 0.0821. The zero-order valence-corrected chi connectivity index (χ0v) is 18.6. The van der Waals surface area contributed by atoms with E-state index in [0.717, 1.165) is 12.1 Å². The summed E-state index contributed by atoms with van der Waals surface area (Å²) in [6.07, 6.45) is 6.57. The number of benzene rings is 1. The third kappa shape index (κ3) is 4.79. The van der Waals surface area contributed by atoms with Gasteiger partial charge in [-0.25, -0.2) is 15.0 Å². The minimum absolute atomic E-state index is 0.170. The molecule has 3 aromatic heterocycles. The lowest BCUT2D eigenvalue weighted by atomic mass is 10.1. The maximum atomic E-state index is 12.9. The van der Waals surface area contributed by atoms with Crippen LogP contribution in [-0.2, 0) is 6.42 Å². The molecular weight excluding hydrogens is 424 g/mol. The number of nitrogens with zero attached hydrogens (tertiary/aromatic N) is 5. The van der Waals surface area contributed by atoms with Crippen molar-refractivity contribution < 1.29 is 18.7 Å². The average molecular weight is 446 g/mol. The number of fused-ring (bicyclic) bond motifs is 1. The SMILES string of the molecule is CCc1cnc(NC(=O)c2cc(Oc3cnc(C(=O)N(C)C)cn3)c3cc(C)oc3c2)cn1. The molecule has 0 bridgehead atoms. The highest BCUT2D eigenvalue weighted by Gasteiger charge is 2.17. The van der Waals surface area contributed by atoms with Crippen LogP contribution in [-0.4, -0.2) is 50.7 Å². The van der Waals surface area contributed by atoms with Gasteiger partial charge in [-0.15, -0.1) is 0 Å². The van der Waals surface area contributed by atoms with Crippen molar-refractivity contribution in [3.05, 3.63) is 65.7 Å². The first kappa shape index (κ1) is 21.9. The zero-order chi connectivity index (χ0) is 23.5. The summed E-state index contributed by atoms with van der Waals surface area (Å²) < 4.78 is 11.6. The second kappa shape index (κ2) is 9.03. The number of rotatable bonds is 6. The number of carbonyl (C=O) groups is 2. The van der Waals surface area contributed by atoms with Crippen LogP contribution < -0.4 is 10.1 Å². The smallest absolute Gasteiger partial charge is 0.273 e. The van der Waals surface area contributed by atoms with E-state index in [-0.39, 0.29) is 17.5 Å².